The minimum absolute atomic E-state index is 0.213. The second-order valence-corrected chi connectivity index (χ2v) is 4.16. The molecular formula is C15H26O3. The van der Waals surface area contributed by atoms with E-state index in [4.69, 9.17) is 14.9 Å². The maximum Gasteiger partial charge on any atom is 0.119 e. The van der Waals surface area contributed by atoms with Crippen LogP contribution < -0.4 is 4.74 Å². The van der Waals surface area contributed by atoms with Crippen LogP contribution in [0.1, 0.15) is 37.0 Å². The van der Waals surface area contributed by atoms with Gasteiger partial charge in [0.05, 0.1) is 19.3 Å². The van der Waals surface area contributed by atoms with Crippen LogP contribution in [-0.4, -0.2) is 29.5 Å². The molecule has 0 aliphatic carbocycles. The number of hydrogen-bond acceptors (Lipinski definition) is 3. The van der Waals surface area contributed by atoms with Crippen molar-refractivity contribution in [2.75, 3.05) is 13.2 Å². The molecule has 0 bridgehead atoms. The Balaban J connectivity index is 0.00000137. The number of aliphatic hydroxyl groups excluding tert-OH is 2. The molecule has 1 aromatic rings. The average Bonchev–Trinajstić information content (AvgIpc) is 2.38. The smallest absolute Gasteiger partial charge is 0.119 e. The molecule has 104 valence electrons. The second kappa shape index (κ2) is 8.95. The third-order valence-corrected chi connectivity index (χ3v) is 2.83. The van der Waals surface area contributed by atoms with Gasteiger partial charge in [0.15, 0.2) is 0 Å². The summed E-state index contributed by atoms with van der Waals surface area (Å²) in [4.78, 5) is 0. The number of aliphatic hydroxyl groups is 2. The lowest BCUT2D eigenvalue weighted by Crippen LogP contribution is -2.15. The highest BCUT2D eigenvalue weighted by Crippen LogP contribution is 2.21. The van der Waals surface area contributed by atoms with E-state index in [1.807, 2.05) is 26.0 Å². The molecule has 0 radical (unpaired) electrons. The first-order valence-electron chi connectivity index (χ1n) is 6.54. The Morgan fingerprint density at radius 2 is 1.61 bits per heavy atom. The molecule has 0 amide bonds. The van der Waals surface area contributed by atoms with Crippen LogP contribution in [-0.2, 0) is 0 Å². The quantitative estimate of drug-likeness (QED) is 0.849. The Labute approximate surface area is 110 Å². The third-order valence-electron chi connectivity index (χ3n) is 2.83. The summed E-state index contributed by atoms with van der Waals surface area (Å²) in [6, 6.07) is 3.99. The minimum Gasteiger partial charge on any atom is -0.493 e. The molecule has 0 spiro atoms. The van der Waals surface area contributed by atoms with E-state index in [0.29, 0.717) is 13.0 Å². The maximum absolute atomic E-state index is 9.16. The first-order valence-corrected chi connectivity index (χ1v) is 6.54. The van der Waals surface area contributed by atoms with Gasteiger partial charge in [0, 0.05) is 6.42 Å². The van der Waals surface area contributed by atoms with E-state index in [9.17, 15) is 0 Å². The Bertz CT molecular complexity index is 325. The van der Waals surface area contributed by atoms with Crippen molar-refractivity contribution < 1.29 is 14.9 Å². The molecule has 0 saturated heterocycles. The van der Waals surface area contributed by atoms with Crippen molar-refractivity contribution in [2.45, 2.75) is 47.1 Å². The first kappa shape index (κ1) is 16.9. The van der Waals surface area contributed by atoms with Crippen LogP contribution in [0.25, 0.3) is 0 Å². The van der Waals surface area contributed by atoms with E-state index < -0.39 is 6.10 Å². The molecular weight excluding hydrogens is 228 g/mol. The van der Waals surface area contributed by atoms with Crippen LogP contribution in [0.5, 0.6) is 5.75 Å². The monoisotopic (exact) mass is 254 g/mol. The third kappa shape index (κ3) is 5.52. The molecule has 0 heterocycles. The predicted octanol–water partition coefficient (Wildman–Crippen LogP) is 2.76. The summed E-state index contributed by atoms with van der Waals surface area (Å²) in [6.45, 7) is 10.4. The summed E-state index contributed by atoms with van der Waals surface area (Å²) in [7, 11) is 0. The number of benzene rings is 1. The molecule has 3 nitrogen and oxygen atoms in total. The summed E-state index contributed by atoms with van der Waals surface area (Å²) < 4.78 is 5.52. The molecule has 0 aliphatic heterocycles. The maximum atomic E-state index is 9.16. The Morgan fingerprint density at radius 3 is 2.06 bits per heavy atom. The molecule has 2 N–H and O–H groups in total. The molecule has 0 aliphatic rings. The topological polar surface area (TPSA) is 49.7 Å². The molecule has 1 aromatic carbocycles. The number of rotatable bonds is 5. The van der Waals surface area contributed by atoms with E-state index in [2.05, 4.69) is 20.8 Å². The van der Waals surface area contributed by atoms with Crippen molar-refractivity contribution in [3.8, 4) is 5.75 Å². The summed E-state index contributed by atoms with van der Waals surface area (Å²) >= 11 is 0. The standard InChI is InChI=1S/C13H20O3.C2H6/c1-9-6-13(7-10(2)11(9)3)16-5-4-12(15)8-14;1-2/h6-7,12,14-15H,4-5,8H2,1-3H3;1-2H3. The van der Waals surface area contributed by atoms with Crippen molar-refractivity contribution in [3.63, 3.8) is 0 Å². The highest BCUT2D eigenvalue weighted by atomic mass is 16.5. The van der Waals surface area contributed by atoms with Crippen molar-refractivity contribution in [1.29, 1.82) is 0 Å². The van der Waals surface area contributed by atoms with Gasteiger partial charge in [-0.15, -0.1) is 0 Å². The van der Waals surface area contributed by atoms with Crippen LogP contribution in [0, 0.1) is 20.8 Å². The van der Waals surface area contributed by atoms with E-state index in [1.54, 1.807) is 0 Å². The average molecular weight is 254 g/mol. The summed E-state index contributed by atoms with van der Waals surface area (Å²) in [5.41, 5.74) is 3.69. The Hall–Kier alpha value is -1.06. The van der Waals surface area contributed by atoms with Gasteiger partial charge in [-0.05, 0) is 49.6 Å². The number of ether oxygens (including phenoxy) is 1. The lowest BCUT2D eigenvalue weighted by atomic mass is 10.0. The van der Waals surface area contributed by atoms with Crippen LogP contribution in [0.3, 0.4) is 0 Å². The molecule has 0 fully saturated rings. The SMILES string of the molecule is CC.Cc1cc(OCCC(O)CO)cc(C)c1C. The zero-order valence-corrected chi connectivity index (χ0v) is 12.2. The van der Waals surface area contributed by atoms with Gasteiger partial charge in [-0.3, -0.25) is 0 Å². The van der Waals surface area contributed by atoms with E-state index >= 15 is 0 Å². The van der Waals surface area contributed by atoms with Gasteiger partial charge in [-0.1, -0.05) is 13.8 Å². The molecule has 3 heteroatoms. The Morgan fingerprint density at radius 1 is 1.11 bits per heavy atom. The van der Waals surface area contributed by atoms with Gasteiger partial charge < -0.3 is 14.9 Å². The van der Waals surface area contributed by atoms with Crippen molar-refractivity contribution in [2.24, 2.45) is 0 Å². The lowest BCUT2D eigenvalue weighted by Gasteiger charge is -2.12. The van der Waals surface area contributed by atoms with Gasteiger partial charge in [0.25, 0.3) is 0 Å². The van der Waals surface area contributed by atoms with Gasteiger partial charge in [0.2, 0.25) is 0 Å². The predicted molar refractivity (Wildman–Crippen MR) is 75.2 cm³/mol. The van der Waals surface area contributed by atoms with Crippen LogP contribution in [0.4, 0.5) is 0 Å². The first-order chi connectivity index (χ1) is 8.54. The van der Waals surface area contributed by atoms with E-state index in [-0.39, 0.29) is 6.61 Å². The van der Waals surface area contributed by atoms with E-state index in [1.165, 1.54) is 16.7 Å². The van der Waals surface area contributed by atoms with Crippen molar-refractivity contribution in [3.05, 3.63) is 28.8 Å². The van der Waals surface area contributed by atoms with Gasteiger partial charge in [-0.2, -0.15) is 0 Å². The lowest BCUT2D eigenvalue weighted by molar-refractivity contribution is 0.0754. The fraction of sp³-hybridized carbons (Fsp3) is 0.600. The highest BCUT2D eigenvalue weighted by molar-refractivity contribution is 5.40. The molecule has 0 saturated carbocycles. The second-order valence-electron chi connectivity index (χ2n) is 4.16. The van der Waals surface area contributed by atoms with Crippen molar-refractivity contribution >= 4 is 0 Å². The summed E-state index contributed by atoms with van der Waals surface area (Å²) in [5.74, 6) is 0.825. The zero-order chi connectivity index (χ0) is 14.1. The fourth-order valence-corrected chi connectivity index (χ4v) is 1.48. The zero-order valence-electron chi connectivity index (χ0n) is 12.2. The molecule has 1 unspecified atom stereocenters. The highest BCUT2D eigenvalue weighted by Gasteiger charge is 2.04. The normalized spacial score (nSPS) is 11.5. The fourth-order valence-electron chi connectivity index (χ4n) is 1.48. The number of hydrogen-bond donors (Lipinski definition) is 2. The van der Waals surface area contributed by atoms with Crippen LogP contribution in [0.2, 0.25) is 0 Å². The number of aryl methyl sites for hydroxylation is 2. The molecule has 0 aromatic heterocycles. The molecule has 1 atom stereocenters. The minimum atomic E-state index is -0.687. The van der Waals surface area contributed by atoms with Crippen molar-refractivity contribution in [1.82, 2.24) is 0 Å². The van der Waals surface area contributed by atoms with Crippen LogP contribution in [0.15, 0.2) is 12.1 Å². The largest absolute Gasteiger partial charge is 0.493 e. The molecule has 18 heavy (non-hydrogen) atoms. The van der Waals surface area contributed by atoms with Crippen LogP contribution >= 0.6 is 0 Å². The van der Waals surface area contributed by atoms with Gasteiger partial charge >= 0.3 is 0 Å². The van der Waals surface area contributed by atoms with E-state index in [0.717, 1.165) is 5.75 Å². The Kier molecular flexibility index (Phi) is 8.42. The van der Waals surface area contributed by atoms with Gasteiger partial charge in [0.1, 0.15) is 5.75 Å². The molecule has 1 rings (SSSR count). The summed E-state index contributed by atoms with van der Waals surface area (Å²) in [6.07, 6.45) is -0.240. The van der Waals surface area contributed by atoms with Gasteiger partial charge in [-0.25, -0.2) is 0 Å². The summed E-state index contributed by atoms with van der Waals surface area (Å²) in [5, 5.41) is 17.8.